The summed E-state index contributed by atoms with van der Waals surface area (Å²) in [5.74, 6) is 0. The first kappa shape index (κ1) is 11.0. The standard InChI is InChI=1S/C14H6Se4/c1-3-7-11-9(5-1)15-18-14(11)8-4-2-6-10-12(8)13(7)17-16-10/h1-6H. The number of fused-ring (bicyclic) bond motifs is 2. The van der Waals surface area contributed by atoms with Gasteiger partial charge in [0.2, 0.25) is 0 Å². The Kier molecular flexibility index (Phi) is 2.37. The van der Waals surface area contributed by atoms with Crippen LogP contribution < -0.4 is 0 Å². The molecule has 0 radical (unpaired) electrons. The predicted octanol–water partition coefficient (Wildman–Crippen LogP) is 2.53. The number of benzene rings is 3. The maximum atomic E-state index is 2.38. The molecule has 0 atom stereocenters. The summed E-state index contributed by atoms with van der Waals surface area (Å²) in [5.41, 5.74) is 0. The number of hydrogen-bond acceptors (Lipinski definition) is 0. The van der Waals surface area contributed by atoms with E-state index in [0.717, 1.165) is 25.3 Å². The van der Waals surface area contributed by atoms with E-state index < -0.39 is 0 Å². The Morgan fingerprint density at radius 3 is 1.56 bits per heavy atom. The van der Waals surface area contributed by atoms with E-state index in [2.05, 4.69) is 36.4 Å². The van der Waals surface area contributed by atoms with Crippen molar-refractivity contribution in [2.75, 3.05) is 0 Å². The summed E-state index contributed by atoms with van der Waals surface area (Å²) in [6.45, 7) is 0. The van der Waals surface area contributed by atoms with Gasteiger partial charge in [0.15, 0.2) is 0 Å². The van der Waals surface area contributed by atoms with Gasteiger partial charge in [0.25, 0.3) is 0 Å². The molecule has 0 saturated heterocycles. The van der Waals surface area contributed by atoms with Gasteiger partial charge < -0.3 is 0 Å². The van der Waals surface area contributed by atoms with Crippen molar-refractivity contribution in [1.29, 1.82) is 0 Å². The summed E-state index contributed by atoms with van der Waals surface area (Å²) in [7, 11) is 0. The molecule has 2 heterocycles. The molecule has 0 spiro atoms. The van der Waals surface area contributed by atoms with Crippen LogP contribution in [-0.2, 0) is 0 Å². The molecule has 86 valence electrons. The van der Waals surface area contributed by atoms with Crippen LogP contribution in [0.5, 0.6) is 0 Å². The molecule has 0 bridgehead atoms. The van der Waals surface area contributed by atoms with E-state index in [1.54, 1.807) is 38.6 Å². The molecule has 0 saturated carbocycles. The minimum atomic E-state index is 0.717. The van der Waals surface area contributed by atoms with Crippen molar-refractivity contribution in [3.8, 4) is 0 Å². The van der Waals surface area contributed by atoms with Crippen molar-refractivity contribution in [2.45, 2.75) is 0 Å². The third-order valence-electron chi connectivity index (χ3n) is 3.43. The maximum absolute atomic E-state index is 2.38. The van der Waals surface area contributed by atoms with Crippen LogP contribution in [0.2, 0.25) is 0 Å². The fourth-order valence-corrected chi connectivity index (χ4v) is 18.8. The Labute approximate surface area is 124 Å². The van der Waals surface area contributed by atoms with Crippen molar-refractivity contribution in [3.05, 3.63) is 36.4 Å². The van der Waals surface area contributed by atoms with Crippen LogP contribution in [-0.4, -0.2) is 50.5 Å². The van der Waals surface area contributed by atoms with Crippen LogP contribution in [0.1, 0.15) is 0 Å². The van der Waals surface area contributed by atoms with E-state index in [4.69, 9.17) is 0 Å². The van der Waals surface area contributed by atoms with Crippen molar-refractivity contribution in [2.24, 2.45) is 0 Å². The SMILES string of the molecule is c1cc2[se][se]c3c4cccc5[se][se]c(c(c1)c23)c54. The van der Waals surface area contributed by atoms with Gasteiger partial charge in [-0.3, -0.25) is 0 Å². The second-order valence-electron chi connectivity index (χ2n) is 4.35. The monoisotopic (exact) mass is 494 g/mol. The van der Waals surface area contributed by atoms with Gasteiger partial charge in [-0.05, 0) is 0 Å². The fourth-order valence-electron chi connectivity index (χ4n) is 2.66. The van der Waals surface area contributed by atoms with Crippen LogP contribution in [0.15, 0.2) is 36.4 Å². The van der Waals surface area contributed by atoms with Crippen molar-refractivity contribution in [3.63, 3.8) is 0 Å². The molecule has 0 amide bonds. The van der Waals surface area contributed by atoms with Crippen LogP contribution in [0.4, 0.5) is 0 Å². The molecule has 5 aromatic rings. The van der Waals surface area contributed by atoms with E-state index in [0.29, 0.717) is 25.3 Å². The Morgan fingerprint density at radius 1 is 0.556 bits per heavy atom. The third kappa shape index (κ3) is 1.29. The minimum absolute atomic E-state index is 0.717. The molecule has 0 aliphatic carbocycles. The van der Waals surface area contributed by atoms with Crippen molar-refractivity contribution in [1.82, 2.24) is 0 Å². The van der Waals surface area contributed by atoms with E-state index in [9.17, 15) is 0 Å². The van der Waals surface area contributed by atoms with E-state index in [1.807, 2.05) is 0 Å². The first-order valence-corrected chi connectivity index (χ1v) is 17.7. The summed E-state index contributed by atoms with van der Waals surface area (Å²) in [5, 5.41) is 6.56. The van der Waals surface area contributed by atoms with Gasteiger partial charge in [-0.2, -0.15) is 0 Å². The molecule has 0 aliphatic rings. The van der Waals surface area contributed by atoms with Gasteiger partial charge in [0.05, 0.1) is 0 Å². The van der Waals surface area contributed by atoms with Crippen LogP contribution in [0.25, 0.3) is 38.6 Å². The molecule has 0 unspecified atom stereocenters. The Morgan fingerprint density at radius 2 is 1.06 bits per heavy atom. The van der Waals surface area contributed by atoms with Crippen molar-refractivity contribution >= 4 is 89.1 Å². The average molecular weight is 490 g/mol. The summed E-state index contributed by atoms with van der Waals surface area (Å²) < 4.78 is 6.80. The molecule has 5 rings (SSSR count). The van der Waals surface area contributed by atoms with E-state index in [-0.39, 0.29) is 0 Å². The van der Waals surface area contributed by atoms with Gasteiger partial charge in [0, 0.05) is 0 Å². The summed E-state index contributed by atoms with van der Waals surface area (Å²) in [6.07, 6.45) is 0. The summed E-state index contributed by atoms with van der Waals surface area (Å²) >= 11 is 2.89. The molecule has 0 fully saturated rings. The quantitative estimate of drug-likeness (QED) is 0.232. The zero-order chi connectivity index (χ0) is 11.7. The average Bonchev–Trinajstić information content (AvgIpc) is 3.01. The molecular formula is C14H6Se4. The van der Waals surface area contributed by atoms with Gasteiger partial charge in [0.1, 0.15) is 0 Å². The number of rotatable bonds is 0. The first-order chi connectivity index (χ1) is 8.93. The molecule has 4 heteroatoms. The second-order valence-corrected chi connectivity index (χ2v) is 16.6. The third-order valence-corrected chi connectivity index (χ3v) is 17.8. The van der Waals surface area contributed by atoms with Crippen LogP contribution in [0.3, 0.4) is 0 Å². The zero-order valence-electron chi connectivity index (χ0n) is 9.10. The Balaban J connectivity index is 2.35. The summed E-state index contributed by atoms with van der Waals surface area (Å²) in [6, 6.07) is 14.1. The fraction of sp³-hybridized carbons (Fsp3) is 0. The van der Waals surface area contributed by atoms with Gasteiger partial charge in [-0.1, -0.05) is 0 Å². The first-order valence-electron chi connectivity index (χ1n) is 5.64. The van der Waals surface area contributed by atoms with E-state index in [1.165, 1.54) is 0 Å². The predicted molar refractivity (Wildman–Crippen MR) is 84.2 cm³/mol. The van der Waals surface area contributed by atoms with Gasteiger partial charge in [-0.25, -0.2) is 0 Å². The molecule has 0 nitrogen and oxygen atoms in total. The molecule has 0 aliphatic heterocycles. The molecular weight excluding hydrogens is 484 g/mol. The number of hydrogen-bond donors (Lipinski definition) is 0. The molecule has 3 aromatic carbocycles. The molecule has 0 N–H and O–H groups in total. The Bertz CT molecular complexity index is 937. The molecule has 2 aromatic heterocycles. The van der Waals surface area contributed by atoms with Gasteiger partial charge >= 0.3 is 126 Å². The van der Waals surface area contributed by atoms with Gasteiger partial charge in [-0.15, -0.1) is 0 Å². The molecule has 18 heavy (non-hydrogen) atoms. The second kappa shape index (κ2) is 3.89. The van der Waals surface area contributed by atoms with Crippen LogP contribution in [0, 0.1) is 0 Å². The van der Waals surface area contributed by atoms with Crippen LogP contribution >= 0.6 is 0 Å². The topological polar surface area (TPSA) is 0 Å². The zero-order valence-corrected chi connectivity index (χ0v) is 15.9. The van der Waals surface area contributed by atoms with Crippen molar-refractivity contribution < 1.29 is 0 Å². The normalized spacial score (nSPS) is 12.4. The Hall–Kier alpha value is 0.258. The van der Waals surface area contributed by atoms with E-state index >= 15 is 0 Å². The summed E-state index contributed by atoms with van der Waals surface area (Å²) in [4.78, 5) is 0.